The summed E-state index contributed by atoms with van der Waals surface area (Å²) in [6, 6.07) is 5.30. The second-order valence-electron chi connectivity index (χ2n) is 8.29. The molecule has 0 unspecified atom stereocenters. The van der Waals surface area contributed by atoms with Crippen LogP contribution in [0.25, 0.3) is 0 Å². The number of benzene rings is 1. The molecule has 1 aromatic rings. The minimum Gasteiger partial charge on any atom is -0.465 e. The van der Waals surface area contributed by atoms with Gasteiger partial charge in [-0.2, -0.15) is 0 Å². The third kappa shape index (κ3) is 4.05. The number of amides is 2. The number of methoxy groups -OCH3 is 1. The smallest absolute Gasteiger partial charge is 0.337 e. The maximum absolute atomic E-state index is 12.8. The summed E-state index contributed by atoms with van der Waals surface area (Å²) in [5, 5.41) is 2.91. The number of likely N-dealkylation sites (tertiary alicyclic amines) is 1. The van der Waals surface area contributed by atoms with Crippen molar-refractivity contribution < 1.29 is 19.1 Å². The molecule has 0 bridgehead atoms. The van der Waals surface area contributed by atoms with Crippen LogP contribution in [0, 0.1) is 24.7 Å². The first-order chi connectivity index (χ1) is 13.3. The minimum atomic E-state index is -0.446. The van der Waals surface area contributed by atoms with Crippen LogP contribution in [0.1, 0.15) is 55.5 Å². The van der Waals surface area contributed by atoms with E-state index in [2.05, 4.69) is 19.2 Å². The molecule has 28 heavy (non-hydrogen) atoms. The van der Waals surface area contributed by atoms with Gasteiger partial charge in [0.15, 0.2) is 0 Å². The van der Waals surface area contributed by atoms with Crippen LogP contribution in [0.3, 0.4) is 0 Å². The van der Waals surface area contributed by atoms with Crippen molar-refractivity contribution in [1.82, 2.24) is 4.90 Å². The van der Waals surface area contributed by atoms with Gasteiger partial charge in [-0.25, -0.2) is 4.79 Å². The summed E-state index contributed by atoms with van der Waals surface area (Å²) in [6.07, 6.45) is 3.61. The highest BCUT2D eigenvalue weighted by Gasteiger charge is 2.41. The third-order valence-corrected chi connectivity index (χ3v) is 6.51. The van der Waals surface area contributed by atoms with Crippen molar-refractivity contribution in [3.8, 4) is 0 Å². The quantitative estimate of drug-likeness (QED) is 0.805. The molecule has 1 saturated heterocycles. The van der Waals surface area contributed by atoms with Gasteiger partial charge in [0, 0.05) is 24.7 Å². The molecule has 0 spiro atoms. The highest BCUT2D eigenvalue weighted by Crippen LogP contribution is 2.36. The van der Waals surface area contributed by atoms with Crippen LogP contribution in [0.5, 0.6) is 0 Å². The maximum Gasteiger partial charge on any atom is 0.337 e. The number of hydrogen-bond donors (Lipinski definition) is 1. The van der Waals surface area contributed by atoms with Crippen molar-refractivity contribution in [3.05, 3.63) is 29.3 Å². The second kappa shape index (κ2) is 8.33. The van der Waals surface area contributed by atoms with E-state index in [9.17, 15) is 14.4 Å². The SMILES string of the molecule is COC(=O)c1ccc(C)c(NC(=O)[C@@H]2CC(=O)N([C@@H]3CCC[C@@H](C)[C@H]3C)C2)c1. The number of esters is 1. The second-order valence-corrected chi connectivity index (χ2v) is 8.29. The summed E-state index contributed by atoms with van der Waals surface area (Å²) in [7, 11) is 1.33. The van der Waals surface area contributed by atoms with Gasteiger partial charge in [-0.3, -0.25) is 9.59 Å². The predicted molar refractivity (Wildman–Crippen MR) is 107 cm³/mol. The lowest BCUT2D eigenvalue weighted by molar-refractivity contribution is -0.131. The first kappa shape index (κ1) is 20.4. The van der Waals surface area contributed by atoms with E-state index in [0.29, 0.717) is 29.6 Å². The number of aryl methyl sites for hydroxylation is 1. The summed E-state index contributed by atoms with van der Waals surface area (Å²) >= 11 is 0. The van der Waals surface area contributed by atoms with Gasteiger partial charge in [-0.05, 0) is 42.9 Å². The van der Waals surface area contributed by atoms with E-state index in [4.69, 9.17) is 4.74 Å². The molecule has 2 aliphatic rings. The number of nitrogens with one attached hydrogen (secondary N) is 1. The monoisotopic (exact) mass is 386 g/mol. The number of carbonyl (C=O) groups excluding carboxylic acids is 3. The zero-order valence-corrected chi connectivity index (χ0v) is 17.2. The standard InChI is InChI=1S/C22H30N2O4/c1-13-6-5-7-19(15(13)3)24-12-17(11-20(24)25)21(26)23-18-10-16(22(27)28-4)9-8-14(18)2/h8-10,13,15,17,19H,5-7,11-12H2,1-4H3,(H,23,26)/t13-,15-,17-,19-/m1/s1. The van der Waals surface area contributed by atoms with E-state index >= 15 is 0 Å². The van der Waals surface area contributed by atoms with Crippen LogP contribution in [-0.2, 0) is 14.3 Å². The van der Waals surface area contributed by atoms with Gasteiger partial charge in [-0.1, -0.05) is 32.8 Å². The number of nitrogens with zero attached hydrogens (tertiary/aromatic N) is 1. The minimum absolute atomic E-state index is 0.0751. The van der Waals surface area contributed by atoms with Crippen molar-refractivity contribution >= 4 is 23.5 Å². The van der Waals surface area contributed by atoms with Crippen molar-refractivity contribution in [2.24, 2.45) is 17.8 Å². The number of hydrogen-bond acceptors (Lipinski definition) is 4. The van der Waals surface area contributed by atoms with Crippen LogP contribution in [0.4, 0.5) is 5.69 Å². The van der Waals surface area contributed by atoms with E-state index in [1.54, 1.807) is 18.2 Å². The molecule has 1 heterocycles. The Labute approximate surface area is 166 Å². The average Bonchev–Trinajstić information content (AvgIpc) is 3.06. The Kier molecular flexibility index (Phi) is 6.06. The fourth-order valence-corrected chi connectivity index (χ4v) is 4.46. The molecule has 0 radical (unpaired) electrons. The zero-order chi connectivity index (χ0) is 20.4. The van der Waals surface area contributed by atoms with Crippen molar-refractivity contribution in [3.63, 3.8) is 0 Å². The molecular weight excluding hydrogens is 356 g/mol. The maximum atomic E-state index is 12.8. The molecule has 3 rings (SSSR count). The molecule has 1 aromatic carbocycles. The fourth-order valence-electron chi connectivity index (χ4n) is 4.46. The summed E-state index contributed by atoms with van der Waals surface area (Å²) in [5.41, 5.74) is 1.83. The molecule has 6 heteroatoms. The van der Waals surface area contributed by atoms with Crippen molar-refractivity contribution in [1.29, 1.82) is 0 Å². The first-order valence-electron chi connectivity index (χ1n) is 10.1. The van der Waals surface area contributed by atoms with Crippen LogP contribution >= 0.6 is 0 Å². The largest absolute Gasteiger partial charge is 0.465 e. The lowest BCUT2D eigenvalue weighted by Gasteiger charge is -2.40. The molecule has 4 atom stereocenters. The third-order valence-electron chi connectivity index (χ3n) is 6.51. The van der Waals surface area contributed by atoms with E-state index in [1.165, 1.54) is 13.5 Å². The van der Waals surface area contributed by atoms with Gasteiger partial charge in [0.25, 0.3) is 0 Å². The van der Waals surface area contributed by atoms with Crippen molar-refractivity contribution in [2.45, 2.75) is 52.5 Å². The van der Waals surface area contributed by atoms with Gasteiger partial charge in [0.1, 0.15) is 0 Å². The molecule has 1 saturated carbocycles. The number of carbonyl (C=O) groups is 3. The molecule has 6 nitrogen and oxygen atoms in total. The molecule has 1 aliphatic heterocycles. The molecule has 2 amide bonds. The van der Waals surface area contributed by atoms with Crippen LogP contribution in [0.2, 0.25) is 0 Å². The van der Waals surface area contributed by atoms with Crippen LogP contribution in [-0.4, -0.2) is 42.4 Å². The zero-order valence-electron chi connectivity index (χ0n) is 17.2. The summed E-state index contributed by atoms with van der Waals surface area (Å²) in [4.78, 5) is 39.1. The van der Waals surface area contributed by atoms with Gasteiger partial charge < -0.3 is 15.0 Å². The van der Waals surface area contributed by atoms with Gasteiger partial charge in [0.2, 0.25) is 11.8 Å². The molecule has 152 valence electrons. The van der Waals surface area contributed by atoms with Crippen LogP contribution < -0.4 is 5.32 Å². The summed E-state index contributed by atoms with van der Waals surface area (Å²) in [5.74, 6) is 0.154. The number of ether oxygens (including phenoxy) is 1. The fraction of sp³-hybridized carbons (Fsp3) is 0.591. The Bertz CT molecular complexity index is 776. The van der Waals surface area contributed by atoms with Gasteiger partial charge >= 0.3 is 5.97 Å². The topological polar surface area (TPSA) is 75.7 Å². The lowest BCUT2D eigenvalue weighted by Crippen LogP contribution is -2.45. The van der Waals surface area contributed by atoms with E-state index < -0.39 is 5.97 Å². The Morgan fingerprint density at radius 1 is 1.21 bits per heavy atom. The molecule has 1 aliphatic carbocycles. The average molecular weight is 386 g/mol. The predicted octanol–water partition coefficient (Wildman–Crippen LogP) is 3.39. The Morgan fingerprint density at radius 2 is 1.96 bits per heavy atom. The van der Waals surface area contributed by atoms with E-state index in [0.717, 1.165) is 18.4 Å². The van der Waals surface area contributed by atoms with E-state index in [1.807, 2.05) is 11.8 Å². The molecule has 1 N–H and O–H groups in total. The summed E-state index contributed by atoms with van der Waals surface area (Å²) in [6.45, 7) is 6.81. The highest BCUT2D eigenvalue weighted by atomic mass is 16.5. The van der Waals surface area contributed by atoms with Gasteiger partial charge in [0.05, 0.1) is 18.6 Å². The molecular formula is C22H30N2O4. The highest BCUT2D eigenvalue weighted by molar-refractivity contribution is 5.99. The van der Waals surface area contributed by atoms with E-state index in [-0.39, 0.29) is 30.2 Å². The molecule has 2 fully saturated rings. The lowest BCUT2D eigenvalue weighted by atomic mass is 9.77. The van der Waals surface area contributed by atoms with Crippen LogP contribution in [0.15, 0.2) is 18.2 Å². The molecule has 0 aromatic heterocycles. The number of anilines is 1. The van der Waals surface area contributed by atoms with Crippen molar-refractivity contribution in [2.75, 3.05) is 19.0 Å². The first-order valence-corrected chi connectivity index (χ1v) is 10.1. The Balaban J connectivity index is 1.69. The normalized spacial score (nSPS) is 27.6. The number of rotatable bonds is 4. The van der Waals surface area contributed by atoms with Gasteiger partial charge in [-0.15, -0.1) is 0 Å². The summed E-state index contributed by atoms with van der Waals surface area (Å²) < 4.78 is 4.75. The Morgan fingerprint density at radius 3 is 2.68 bits per heavy atom. The Hall–Kier alpha value is -2.37.